The van der Waals surface area contributed by atoms with Crippen molar-refractivity contribution in [3.8, 4) is 0 Å². The van der Waals surface area contributed by atoms with Crippen LogP contribution in [0.15, 0.2) is 48.8 Å². The van der Waals surface area contributed by atoms with Crippen LogP contribution in [-0.4, -0.2) is 20.9 Å². The van der Waals surface area contributed by atoms with E-state index in [4.69, 9.17) is 0 Å². The zero-order valence-electron chi connectivity index (χ0n) is 11.6. The van der Waals surface area contributed by atoms with Gasteiger partial charge in [0.05, 0.1) is 17.4 Å². The predicted molar refractivity (Wildman–Crippen MR) is 82.1 cm³/mol. The molecule has 0 spiro atoms. The van der Waals surface area contributed by atoms with Gasteiger partial charge in [0.2, 0.25) is 0 Å². The van der Waals surface area contributed by atoms with E-state index < -0.39 is 5.97 Å². The standard InChI is InChI=1S/C16H15N3O2/c1-2-19-10-11(9-17-19)18-15-8-7-14(16(20)21)12-5-3-4-6-13(12)15/h3-10,18H,2H2,1H3,(H,20,21). The summed E-state index contributed by atoms with van der Waals surface area (Å²) < 4.78 is 1.83. The first kappa shape index (κ1) is 13.2. The molecular formula is C16H15N3O2. The van der Waals surface area contributed by atoms with Gasteiger partial charge in [0, 0.05) is 23.8 Å². The fourth-order valence-corrected chi connectivity index (χ4v) is 2.35. The summed E-state index contributed by atoms with van der Waals surface area (Å²) in [5, 5.41) is 18.4. The van der Waals surface area contributed by atoms with Crippen molar-refractivity contribution in [1.29, 1.82) is 0 Å². The topological polar surface area (TPSA) is 67.2 Å². The minimum absolute atomic E-state index is 0.306. The largest absolute Gasteiger partial charge is 0.478 e. The van der Waals surface area contributed by atoms with Gasteiger partial charge >= 0.3 is 5.97 Å². The number of carboxylic acids is 1. The van der Waals surface area contributed by atoms with Crippen molar-refractivity contribution >= 4 is 28.1 Å². The summed E-state index contributed by atoms with van der Waals surface area (Å²) in [7, 11) is 0. The van der Waals surface area contributed by atoms with E-state index in [0.717, 1.165) is 28.7 Å². The SMILES string of the molecule is CCn1cc(Nc2ccc(C(=O)O)c3ccccc23)cn1. The highest BCUT2D eigenvalue weighted by Crippen LogP contribution is 2.29. The van der Waals surface area contributed by atoms with E-state index >= 15 is 0 Å². The molecule has 0 unspecified atom stereocenters. The predicted octanol–water partition coefficient (Wildman–Crippen LogP) is 3.50. The fraction of sp³-hybridized carbons (Fsp3) is 0.125. The van der Waals surface area contributed by atoms with E-state index in [1.165, 1.54) is 0 Å². The van der Waals surface area contributed by atoms with Crippen molar-refractivity contribution in [2.45, 2.75) is 13.5 Å². The maximum atomic E-state index is 11.3. The van der Waals surface area contributed by atoms with Gasteiger partial charge in [-0.05, 0) is 24.4 Å². The van der Waals surface area contributed by atoms with Crippen LogP contribution in [0.25, 0.3) is 10.8 Å². The normalized spacial score (nSPS) is 10.7. The van der Waals surface area contributed by atoms with Crippen molar-refractivity contribution < 1.29 is 9.90 Å². The zero-order valence-corrected chi connectivity index (χ0v) is 11.6. The van der Waals surface area contributed by atoms with E-state index in [2.05, 4.69) is 10.4 Å². The lowest BCUT2D eigenvalue weighted by Crippen LogP contribution is -1.99. The third-order valence-corrected chi connectivity index (χ3v) is 3.39. The first-order valence-corrected chi connectivity index (χ1v) is 6.73. The van der Waals surface area contributed by atoms with Gasteiger partial charge in [-0.15, -0.1) is 0 Å². The highest BCUT2D eigenvalue weighted by atomic mass is 16.4. The van der Waals surface area contributed by atoms with E-state index in [1.807, 2.05) is 42.1 Å². The molecule has 21 heavy (non-hydrogen) atoms. The highest BCUT2D eigenvalue weighted by Gasteiger charge is 2.11. The minimum Gasteiger partial charge on any atom is -0.478 e. The van der Waals surface area contributed by atoms with Crippen LogP contribution in [0.1, 0.15) is 17.3 Å². The van der Waals surface area contributed by atoms with Crippen LogP contribution in [0.4, 0.5) is 11.4 Å². The number of rotatable bonds is 4. The number of nitrogens with zero attached hydrogens (tertiary/aromatic N) is 2. The summed E-state index contributed by atoms with van der Waals surface area (Å²) in [4.78, 5) is 11.3. The van der Waals surface area contributed by atoms with Crippen LogP contribution >= 0.6 is 0 Å². The Kier molecular flexibility index (Phi) is 3.31. The Morgan fingerprint density at radius 1 is 1.24 bits per heavy atom. The summed E-state index contributed by atoms with van der Waals surface area (Å²) in [6.07, 6.45) is 3.67. The number of hydrogen-bond acceptors (Lipinski definition) is 3. The number of carboxylic acid groups (broad SMARTS) is 1. The quantitative estimate of drug-likeness (QED) is 0.768. The number of benzene rings is 2. The van der Waals surface area contributed by atoms with Crippen LogP contribution < -0.4 is 5.32 Å². The second-order valence-corrected chi connectivity index (χ2v) is 4.72. The maximum Gasteiger partial charge on any atom is 0.336 e. The summed E-state index contributed by atoms with van der Waals surface area (Å²) in [6, 6.07) is 10.9. The van der Waals surface area contributed by atoms with Crippen molar-refractivity contribution in [2.24, 2.45) is 0 Å². The molecule has 106 valence electrons. The van der Waals surface area contributed by atoms with Gasteiger partial charge in [-0.3, -0.25) is 4.68 Å². The first-order valence-electron chi connectivity index (χ1n) is 6.73. The molecule has 0 saturated carbocycles. The first-order chi connectivity index (χ1) is 10.2. The number of hydrogen-bond donors (Lipinski definition) is 2. The van der Waals surface area contributed by atoms with Crippen molar-refractivity contribution in [3.05, 3.63) is 54.4 Å². The zero-order chi connectivity index (χ0) is 14.8. The lowest BCUT2D eigenvalue weighted by Gasteiger charge is -2.10. The van der Waals surface area contributed by atoms with Crippen LogP contribution in [-0.2, 0) is 6.54 Å². The molecule has 1 heterocycles. The van der Waals surface area contributed by atoms with Crippen LogP contribution in [0.5, 0.6) is 0 Å². The summed E-state index contributed by atoms with van der Waals surface area (Å²) in [6.45, 7) is 2.83. The molecule has 0 saturated heterocycles. The van der Waals surface area contributed by atoms with Gasteiger partial charge in [0.15, 0.2) is 0 Å². The molecule has 0 aliphatic heterocycles. The number of nitrogens with one attached hydrogen (secondary N) is 1. The lowest BCUT2D eigenvalue weighted by atomic mass is 10.0. The van der Waals surface area contributed by atoms with Crippen molar-refractivity contribution in [2.75, 3.05) is 5.32 Å². The molecule has 0 aliphatic carbocycles. The van der Waals surface area contributed by atoms with Gasteiger partial charge in [-0.2, -0.15) is 5.10 Å². The molecule has 1 aromatic heterocycles. The molecule has 0 aliphatic rings. The Morgan fingerprint density at radius 2 is 2.00 bits per heavy atom. The minimum atomic E-state index is -0.920. The van der Waals surface area contributed by atoms with Gasteiger partial charge in [-0.25, -0.2) is 4.79 Å². The van der Waals surface area contributed by atoms with Crippen molar-refractivity contribution in [1.82, 2.24) is 9.78 Å². The summed E-state index contributed by atoms with van der Waals surface area (Å²) in [5.74, 6) is -0.920. The number of aromatic carboxylic acids is 1. The highest BCUT2D eigenvalue weighted by molar-refractivity contribution is 6.08. The fourth-order valence-electron chi connectivity index (χ4n) is 2.35. The number of anilines is 2. The van der Waals surface area contributed by atoms with Gasteiger partial charge in [0.1, 0.15) is 0 Å². The average Bonchev–Trinajstić information content (AvgIpc) is 2.95. The van der Waals surface area contributed by atoms with E-state index in [1.54, 1.807) is 18.3 Å². The Labute approximate surface area is 121 Å². The maximum absolute atomic E-state index is 11.3. The molecule has 0 fully saturated rings. The molecule has 5 nitrogen and oxygen atoms in total. The van der Waals surface area contributed by atoms with Crippen LogP contribution in [0.2, 0.25) is 0 Å². The molecule has 0 radical (unpaired) electrons. The molecule has 0 amide bonds. The van der Waals surface area contributed by atoms with Crippen molar-refractivity contribution in [3.63, 3.8) is 0 Å². The summed E-state index contributed by atoms with van der Waals surface area (Å²) >= 11 is 0. The van der Waals surface area contributed by atoms with E-state index in [-0.39, 0.29) is 0 Å². The third-order valence-electron chi connectivity index (χ3n) is 3.39. The Balaban J connectivity index is 2.07. The molecule has 2 N–H and O–H groups in total. The Bertz CT molecular complexity index is 808. The Morgan fingerprint density at radius 3 is 2.67 bits per heavy atom. The molecule has 3 rings (SSSR count). The number of aryl methyl sites for hydroxylation is 1. The number of aromatic nitrogens is 2. The molecule has 0 atom stereocenters. The van der Waals surface area contributed by atoms with Gasteiger partial charge in [0.25, 0.3) is 0 Å². The second-order valence-electron chi connectivity index (χ2n) is 4.72. The molecule has 2 aromatic carbocycles. The summed E-state index contributed by atoms with van der Waals surface area (Å²) in [5.41, 5.74) is 2.05. The van der Waals surface area contributed by atoms with E-state index in [0.29, 0.717) is 5.56 Å². The van der Waals surface area contributed by atoms with Crippen LogP contribution in [0.3, 0.4) is 0 Å². The smallest absolute Gasteiger partial charge is 0.336 e. The molecule has 0 bridgehead atoms. The van der Waals surface area contributed by atoms with Gasteiger partial charge in [-0.1, -0.05) is 24.3 Å². The molecule has 5 heteroatoms. The van der Waals surface area contributed by atoms with E-state index in [9.17, 15) is 9.90 Å². The monoisotopic (exact) mass is 281 g/mol. The molecule has 3 aromatic rings. The van der Waals surface area contributed by atoms with Gasteiger partial charge < -0.3 is 10.4 Å². The lowest BCUT2D eigenvalue weighted by molar-refractivity contribution is 0.0699. The number of fused-ring (bicyclic) bond motifs is 1. The Hall–Kier alpha value is -2.82. The number of carbonyl (C=O) groups is 1. The average molecular weight is 281 g/mol. The van der Waals surface area contributed by atoms with Crippen LogP contribution in [0, 0.1) is 0 Å². The third kappa shape index (κ3) is 2.45. The molecular weight excluding hydrogens is 266 g/mol. The second kappa shape index (κ2) is 5.28.